The third-order valence-electron chi connectivity index (χ3n) is 2.24. The van der Waals surface area contributed by atoms with Crippen molar-refractivity contribution in [1.82, 2.24) is 34.7 Å². The zero-order valence-electron chi connectivity index (χ0n) is 10.3. The maximum atomic E-state index is 5.91. The van der Waals surface area contributed by atoms with Crippen molar-refractivity contribution in [3.63, 3.8) is 0 Å². The Morgan fingerprint density at radius 2 is 2.00 bits per heavy atom. The topological polar surface area (TPSA) is 82.3 Å². The van der Waals surface area contributed by atoms with E-state index in [4.69, 9.17) is 11.6 Å². The lowest BCUT2D eigenvalue weighted by molar-refractivity contribution is 0.757. The summed E-state index contributed by atoms with van der Waals surface area (Å²) in [5.41, 5.74) is 0.870. The molecule has 0 N–H and O–H groups in total. The second-order valence-electron chi connectivity index (χ2n) is 3.72. The molecule has 0 aromatic carbocycles. The number of hydrogen-bond donors (Lipinski definition) is 0. The summed E-state index contributed by atoms with van der Waals surface area (Å²) in [6, 6.07) is 3.59. The third kappa shape index (κ3) is 2.91. The van der Waals surface area contributed by atoms with Gasteiger partial charge in [-0.1, -0.05) is 0 Å². The summed E-state index contributed by atoms with van der Waals surface area (Å²) in [6.07, 6.45) is 5.04. The van der Waals surface area contributed by atoms with Crippen LogP contribution in [0.5, 0.6) is 0 Å². The number of nitrogens with zero attached hydrogens (tertiary/aromatic N) is 7. The highest BCUT2D eigenvalue weighted by Crippen LogP contribution is 2.22. The van der Waals surface area contributed by atoms with E-state index in [2.05, 4.69) is 30.0 Å². The van der Waals surface area contributed by atoms with Gasteiger partial charge in [-0.15, -0.1) is 0 Å². The van der Waals surface area contributed by atoms with Crippen LogP contribution in [0, 0.1) is 6.92 Å². The van der Waals surface area contributed by atoms with Gasteiger partial charge in [-0.25, -0.2) is 14.6 Å². The lowest BCUT2D eigenvalue weighted by atomic mass is 10.5. The molecule has 0 spiro atoms. The highest BCUT2D eigenvalue weighted by molar-refractivity contribution is 7.99. The molecule has 0 amide bonds. The number of aromatic nitrogens is 7. The fourth-order valence-electron chi connectivity index (χ4n) is 1.41. The summed E-state index contributed by atoms with van der Waals surface area (Å²) < 4.78 is 1.51. The first-order valence-corrected chi connectivity index (χ1v) is 6.79. The first-order chi connectivity index (χ1) is 9.70. The van der Waals surface area contributed by atoms with Crippen LogP contribution in [0.4, 0.5) is 0 Å². The summed E-state index contributed by atoms with van der Waals surface area (Å²) in [4.78, 5) is 20.8. The van der Waals surface area contributed by atoms with Crippen LogP contribution >= 0.6 is 23.4 Å². The molecule has 0 saturated heterocycles. The maximum absolute atomic E-state index is 5.91. The number of rotatable bonds is 3. The highest BCUT2D eigenvalue weighted by atomic mass is 35.5. The second kappa shape index (κ2) is 5.51. The third-order valence-corrected chi connectivity index (χ3v) is 3.15. The van der Waals surface area contributed by atoms with E-state index in [-0.39, 0.29) is 5.28 Å². The Kier molecular flexibility index (Phi) is 3.57. The van der Waals surface area contributed by atoms with Gasteiger partial charge in [-0.05, 0) is 42.4 Å². The first-order valence-electron chi connectivity index (χ1n) is 5.60. The van der Waals surface area contributed by atoms with E-state index in [0.29, 0.717) is 16.3 Å². The molecule has 7 nitrogen and oxygen atoms in total. The average molecular weight is 306 g/mol. The molecule has 0 fully saturated rings. The van der Waals surface area contributed by atoms with Gasteiger partial charge in [0.2, 0.25) is 10.4 Å². The molecule has 0 atom stereocenters. The molecule has 3 heterocycles. The van der Waals surface area contributed by atoms with Crippen LogP contribution in [0.2, 0.25) is 5.28 Å². The Morgan fingerprint density at radius 1 is 1.10 bits per heavy atom. The maximum Gasteiger partial charge on any atom is 0.255 e. The van der Waals surface area contributed by atoms with Gasteiger partial charge in [-0.3, -0.25) is 0 Å². The molecule has 3 rings (SSSR count). The van der Waals surface area contributed by atoms with E-state index < -0.39 is 0 Å². The largest absolute Gasteiger partial charge is 0.255 e. The lowest BCUT2D eigenvalue weighted by Crippen LogP contribution is -2.04. The molecule has 9 heteroatoms. The predicted molar refractivity (Wildman–Crippen MR) is 72.9 cm³/mol. The molecule has 0 aliphatic heterocycles. The highest BCUT2D eigenvalue weighted by Gasteiger charge is 2.10. The molecular formula is C11H8ClN7S. The van der Waals surface area contributed by atoms with Crippen molar-refractivity contribution >= 4 is 23.4 Å². The summed E-state index contributed by atoms with van der Waals surface area (Å²) in [6.45, 7) is 1.89. The smallest absolute Gasteiger partial charge is 0.231 e. The van der Waals surface area contributed by atoms with Crippen molar-refractivity contribution in [2.24, 2.45) is 0 Å². The Balaban J connectivity index is 1.94. The summed E-state index contributed by atoms with van der Waals surface area (Å²) in [5, 5.41) is 5.12. The minimum Gasteiger partial charge on any atom is -0.231 e. The SMILES string of the molecule is Cc1ccnc(Sc2nc(Cl)nc(-n3cccn3)n2)n1. The monoisotopic (exact) mass is 305 g/mol. The first kappa shape index (κ1) is 12.9. The van der Waals surface area contributed by atoms with Crippen molar-refractivity contribution in [3.8, 4) is 5.95 Å². The van der Waals surface area contributed by atoms with Crippen molar-refractivity contribution in [1.29, 1.82) is 0 Å². The summed E-state index contributed by atoms with van der Waals surface area (Å²) in [7, 11) is 0. The van der Waals surface area contributed by atoms with Crippen LogP contribution in [0.3, 0.4) is 0 Å². The number of aryl methyl sites for hydroxylation is 1. The van der Waals surface area contributed by atoms with Gasteiger partial charge < -0.3 is 0 Å². The Bertz CT molecular complexity index is 731. The van der Waals surface area contributed by atoms with E-state index in [9.17, 15) is 0 Å². The van der Waals surface area contributed by atoms with Gasteiger partial charge in [0.15, 0.2) is 5.16 Å². The van der Waals surface area contributed by atoms with Crippen molar-refractivity contribution < 1.29 is 0 Å². The molecular weight excluding hydrogens is 298 g/mol. The van der Waals surface area contributed by atoms with Crippen LogP contribution in [0.25, 0.3) is 5.95 Å². The van der Waals surface area contributed by atoms with Gasteiger partial charge in [0.25, 0.3) is 5.95 Å². The van der Waals surface area contributed by atoms with Crippen LogP contribution in [0.1, 0.15) is 5.69 Å². The van der Waals surface area contributed by atoms with Crippen molar-refractivity contribution in [2.75, 3.05) is 0 Å². The zero-order valence-corrected chi connectivity index (χ0v) is 11.9. The van der Waals surface area contributed by atoms with Crippen molar-refractivity contribution in [2.45, 2.75) is 17.2 Å². The minimum absolute atomic E-state index is 0.0978. The second-order valence-corrected chi connectivity index (χ2v) is 4.99. The Labute approximate surface area is 123 Å². The average Bonchev–Trinajstić information content (AvgIpc) is 2.91. The predicted octanol–water partition coefficient (Wildman–Crippen LogP) is 1.96. The molecule has 0 unspecified atom stereocenters. The molecule has 0 radical (unpaired) electrons. The summed E-state index contributed by atoms with van der Waals surface area (Å²) >= 11 is 7.12. The van der Waals surface area contributed by atoms with Gasteiger partial charge in [0, 0.05) is 24.3 Å². The summed E-state index contributed by atoms with van der Waals surface area (Å²) in [5.74, 6) is 0.352. The minimum atomic E-state index is 0.0978. The number of halogens is 1. The van der Waals surface area contributed by atoms with Gasteiger partial charge in [0.05, 0.1) is 0 Å². The molecule has 3 aromatic heterocycles. The lowest BCUT2D eigenvalue weighted by Gasteiger charge is -2.03. The van der Waals surface area contributed by atoms with E-state index in [1.165, 1.54) is 16.4 Å². The van der Waals surface area contributed by atoms with Crippen LogP contribution < -0.4 is 0 Å². The van der Waals surface area contributed by atoms with E-state index in [1.54, 1.807) is 24.7 Å². The van der Waals surface area contributed by atoms with Crippen LogP contribution in [0.15, 0.2) is 41.0 Å². The molecule has 0 aliphatic rings. The van der Waals surface area contributed by atoms with Crippen LogP contribution in [-0.2, 0) is 0 Å². The van der Waals surface area contributed by atoms with E-state index in [0.717, 1.165) is 5.69 Å². The standard InChI is InChI=1S/C11H8ClN7S/c1-7-3-5-13-10(15-7)20-11-17-8(12)16-9(18-11)19-6-2-4-14-19/h2-6H,1H3. The molecule has 20 heavy (non-hydrogen) atoms. The molecule has 0 saturated carbocycles. The fourth-order valence-corrected chi connectivity index (χ4v) is 2.35. The normalized spacial score (nSPS) is 10.7. The van der Waals surface area contributed by atoms with Crippen molar-refractivity contribution in [3.05, 3.63) is 41.7 Å². The Hall–Kier alpha value is -2.06. The zero-order chi connectivity index (χ0) is 13.9. The molecule has 3 aromatic rings. The Morgan fingerprint density at radius 3 is 2.75 bits per heavy atom. The van der Waals surface area contributed by atoms with E-state index in [1.807, 2.05) is 13.0 Å². The molecule has 0 bridgehead atoms. The van der Waals surface area contributed by atoms with Gasteiger partial charge >= 0.3 is 0 Å². The number of hydrogen-bond acceptors (Lipinski definition) is 7. The van der Waals surface area contributed by atoms with Crippen LogP contribution in [-0.4, -0.2) is 34.7 Å². The molecule has 100 valence electrons. The van der Waals surface area contributed by atoms with E-state index >= 15 is 0 Å². The quantitative estimate of drug-likeness (QED) is 0.684. The van der Waals surface area contributed by atoms with Gasteiger partial charge in [-0.2, -0.15) is 20.1 Å². The molecule has 0 aliphatic carbocycles. The fraction of sp³-hybridized carbons (Fsp3) is 0.0909. The van der Waals surface area contributed by atoms with Gasteiger partial charge in [0.1, 0.15) is 0 Å².